The number of aliphatic hydroxyl groups is 1. The molecule has 1 atom stereocenters. The molecule has 1 rings (SSSR count). The van der Waals surface area contributed by atoms with Crippen LogP contribution in [0.15, 0.2) is 0 Å². The summed E-state index contributed by atoms with van der Waals surface area (Å²) in [6.07, 6.45) is 0.735. The summed E-state index contributed by atoms with van der Waals surface area (Å²) in [5.74, 6) is 0.281. The van der Waals surface area contributed by atoms with Crippen molar-refractivity contribution in [1.82, 2.24) is 0 Å². The molecule has 3 nitrogen and oxygen atoms in total. The van der Waals surface area contributed by atoms with Gasteiger partial charge in [0.05, 0.1) is 13.2 Å². The Morgan fingerprint density at radius 2 is 2.10 bits per heavy atom. The summed E-state index contributed by atoms with van der Waals surface area (Å²) in [6, 6.07) is 0. The minimum atomic E-state index is -0.0675. The fourth-order valence-electron chi connectivity index (χ4n) is 0.946. The van der Waals surface area contributed by atoms with Crippen molar-refractivity contribution in [3.63, 3.8) is 0 Å². The zero-order valence-electron chi connectivity index (χ0n) is 6.25. The molecule has 1 aliphatic rings. The van der Waals surface area contributed by atoms with Gasteiger partial charge in [0, 0.05) is 13.0 Å². The summed E-state index contributed by atoms with van der Waals surface area (Å²) in [4.78, 5) is 0. The van der Waals surface area contributed by atoms with Gasteiger partial charge in [-0.2, -0.15) is 0 Å². The van der Waals surface area contributed by atoms with E-state index in [0.717, 1.165) is 6.42 Å². The highest BCUT2D eigenvalue weighted by molar-refractivity contribution is 4.57. The monoisotopic (exact) mass is 146 g/mol. The highest BCUT2D eigenvalue weighted by atomic mass is 16.7. The Morgan fingerprint density at radius 3 is 2.60 bits per heavy atom. The molecule has 60 valence electrons. The lowest BCUT2D eigenvalue weighted by atomic mass is 10.1. The van der Waals surface area contributed by atoms with Crippen LogP contribution in [0.4, 0.5) is 0 Å². The molecule has 0 aromatic carbocycles. The van der Waals surface area contributed by atoms with E-state index in [1.807, 2.05) is 6.92 Å². The van der Waals surface area contributed by atoms with Crippen LogP contribution in [-0.4, -0.2) is 31.2 Å². The summed E-state index contributed by atoms with van der Waals surface area (Å²) < 4.78 is 10.4. The third-order valence-electron chi connectivity index (χ3n) is 1.60. The topological polar surface area (TPSA) is 38.7 Å². The molecule has 1 N–H and O–H groups in total. The quantitative estimate of drug-likeness (QED) is 0.625. The molecule has 0 bridgehead atoms. The number of ether oxygens (including phenoxy) is 2. The molecular weight excluding hydrogens is 132 g/mol. The number of aliphatic hydroxyl groups excluding tert-OH is 1. The Bertz CT molecular complexity index is 88.9. The van der Waals surface area contributed by atoms with Gasteiger partial charge in [-0.05, 0) is 5.92 Å². The van der Waals surface area contributed by atoms with Crippen LogP contribution in [0.2, 0.25) is 0 Å². The molecule has 3 heteroatoms. The summed E-state index contributed by atoms with van der Waals surface area (Å²) in [7, 11) is 0. The Balaban J connectivity index is 2.11. The highest BCUT2D eigenvalue weighted by Crippen LogP contribution is 2.13. The van der Waals surface area contributed by atoms with E-state index in [4.69, 9.17) is 14.6 Å². The first-order valence-corrected chi connectivity index (χ1v) is 3.67. The third-order valence-corrected chi connectivity index (χ3v) is 1.60. The molecule has 1 aliphatic heterocycles. The summed E-state index contributed by atoms with van der Waals surface area (Å²) in [5, 5.41) is 8.68. The van der Waals surface area contributed by atoms with Crippen LogP contribution in [0.1, 0.15) is 13.3 Å². The smallest absolute Gasteiger partial charge is 0.158 e. The van der Waals surface area contributed by atoms with Crippen LogP contribution in [0.5, 0.6) is 0 Å². The van der Waals surface area contributed by atoms with Crippen LogP contribution < -0.4 is 0 Å². The van der Waals surface area contributed by atoms with Gasteiger partial charge in [0.1, 0.15) is 0 Å². The molecule has 10 heavy (non-hydrogen) atoms. The van der Waals surface area contributed by atoms with E-state index >= 15 is 0 Å². The Labute approximate surface area is 60.9 Å². The Hall–Kier alpha value is -0.120. The maximum atomic E-state index is 8.68. The first-order chi connectivity index (χ1) is 4.83. The van der Waals surface area contributed by atoms with Crippen molar-refractivity contribution in [2.45, 2.75) is 19.6 Å². The zero-order chi connectivity index (χ0) is 7.40. The summed E-state index contributed by atoms with van der Waals surface area (Å²) in [6.45, 7) is 3.58. The predicted molar refractivity (Wildman–Crippen MR) is 36.6 cm³/mol. The zero-order valence-corrected chi connectivity index (χ0v) is 6.25. The fraction of sp³-hybridized carbons (Fsp3) is 1.00. The van der Waals surface area contributed by atoms with Crippen molar-refractivity contribution in [1.29, 1.82) is 0 Å². The molecule has 0 aliphatic carbocycles. The van der Waals surface area contributed by atoms with E-state index in [2.05, 4.69) is 0 Å². The van der Waals surface area contributed by atoms with E-state index in [-0.39, 0.29) is 18.8 Å². The Morgan fingerprint density at radius 1 is 1.50 bits per heavy atom. The van der Waals surface area contributed by atoms with Gasteiger partial charge >= 0.3 is 0 Å². The fourth-order valence-corrected chi connectivity index (χ4v) is 0.946. The van der Waals surface area contributed by atoms with Crippen LogP contribution in [0, 0.1) is 5.92 Å². The van der Waals surface area contributed by atoms with E-state index in [9.17, 15) is 0 Å². The largest absolute Gasteiger partial charge is 0.396 e. The molecule has 0 saturated carbocycles. The van der Waals surface area contributed by atoms with Gasteiger partial charge in [0.25, 0.3) is 0 Å². The normalized spacial score (nSPS) is 23.4. The van der Waals surface area contributed by atoms with Gasteiger partial charge in [-0.1, -0.05) is 6.92 Å². The predicted octanol–water partition coefficient (Wildman–Crippen LogP) is 0.378. The maximum absolute atomic E-state index is 8.68. The number of hydrogen-bond donors (Lipinski definition) is 1. The molecule has 0 aromatic heterocycles. The van der Waals surface area contributed by atoms with Crippen LogP contribution >= 0.6 is 0 Å². The van der Waals surface area contributed by atoms with Crippen LogP contribution in [-0.2, 0) is 9.47 Å². The lowest BCUT2D eigenvalue weighted by Gasteiger charge is -2.12. The SMILES string of the molecule is CC(CO)CC1OCCO1. The lowest BCUT2D eigenvalue weighted by molar-refractivity contribution is -0.0593. The van der Waals surface area contributed by atoms with Crippen LogP contribution in [0.25, 0.3) is 0 Å². The van der Waals surface area contributed by atoms with Gasteiger partial charge in [0.2, 0.25) is 0 Å². The van der Waals surface area contributed by atoms with Crippen molar-refractivity contribution < 1.29 is 14.6 Å². The number of hydrogen-bond acceptors (Lipinski definition) is 3. The molecule has 0 amide bonds. The first-order valence-electron chi connectivity index (χ1n) is 3.67. The van der Waals surface area contributed by atoms with E-state index < -0.39 is 0 Å². The Kier molecular flexibility index (Phi) is 3.12. The third kappa shape index (κ3) is 2.25. The molecule has 1 heterocycles. The molecule has 0 aromatic rings. The lowest BCUT2D eigenvalue weighted by Crippen LogP contribution is -2.14. The molecule has 1 unspecified atom stereocenters. The van der Waals surface area contributed by atoms with Crippen molar-refractivity contribution in [2.24, 2.45) is 5.92 Å². The maximum Gasteiger partial charge on any atom is 0.158 e. The van der Waals surface area contributed by atoms with Gasteiger partial charge in [-0.25, -0.2) is 0 Å². The second-order valence-electron chi connectivity index (χ2n) is 2.69. The van der Waals surface area contributed by atoms with Crippen molar-refractivity contribution in [2.75, 3.05) is 19.8 Å². The van der Waals surface area contributed by atoms with Gasteiger partial charge in [-0.3, -0.25) is 0 Å². The average Bonchev–Trinajstić information content (AvgIpc) is 2.40. The molecule has 1 fully saturated rings. The first kappa shape index (κ1) is 7.98. The van der Waals surface area contributed by atoms with Crippen molar-refractivity contribution >= 4 is 0 Å². The summed E-state index contributed by atoms with van der Waals surface area (Å²) >= 11 is 0. The summed E-state index contributed by atoms with van der Waals surface area (Å²) in [5.41, 5.74) is 0. The number of rotatable bonds is 3. The van der Waals surface area contributed by atoms with Gasteiger partial charge in [-0.15, -0.1) is 0 Å². The minimum absolute atomic E-state index is 0.0675. The van der Waals surface area contributed by atoms with Gasteiger partial charge in [0.15, 0.2) is 6.29 Å². The second kappa shape index (κ2) is 3.91. The standard InChI is InChI=1S/C7H14O3/c1-6(5-8)4-7-9-2-3-10-7/h6-8H,2-5H2,1H3. The van der Waals surface area contributed by atoms with Crippen molar-refractivity contribution in [3.05, 3.63) is 0 Å². The highest BCUT2D eigenvalue weighted by Gasteiger charge is 2.17. The van der Waals surface area contributed by atoms with Gasteiger partial charge < -0.3 is 14.6 Å². The second-order valence-corrected chi connectivity index (χ2v) is 2.69. The molecule has 1 saturated heterocycles. The molecule has 0 radical (unpaired) electrons. The van der Waals surface area contributed by atoms with Crippen molar-refractivity contribution in [3.8, 4) is 0 Å². The minimum Gasteiger partial charge on any atom is -0.396 e. The molecular formula is C7H14O3. The van der Waals surface area contributed by atoms with E-state index in [0.29, 0.717) is 13.2 Å². The van der Waals surface area contributed by atoms with Crippen LogP contribution in [0.3, 0.4) is 0 Å². The average molecular weight is 146 g/mol. The van der Waals surface area contributed by atoms with E-state index in [1.165, 1.54) is 0 Å². The van der Waals surface area contributed by atoms with E-state index in [1.54, 1.807) is 0 Å². The molecule has 0 spiro atoms.